The highest BCUT2D eigenvalue weighted by Crippen LogP contribution is 2.42. The number of likely N-dealkylation sites (N-methyl/N-ethyl adjacent to an activating group) is 1. The molecule has 244 valence electrons. The molecule has 2 aliphatic rings. The zero-order valence-electron chi connectivity index (χ0n) is 27.3. The Kier molecular flexibility index (Phi) is 9.06. The van der Waals surface area contributed by atoms with Crippen LogP contribution in [-0.2, 0) is 6.54 Å². The van der Waals surface area contributed by atoms with Crippen LogP contribution in [-0.4, -0.2) is 81.6 Å². The number of fused-ring (bicyclic) bond motifs is 3. The molecule has 0 aliphatic carbocycles. The molecular weight excluding hydrogens is 599 g/mol. The molecule has 12 nitrogen and oxygen atoms in total. The van der Waals surface area contributed by atoms with Crippen molar-refractivity contribution in [2.24, 2.45) is 0 Å². The molecule has 1 fully saturated rings. The van der Waals surface area contributed by atoms with Gasteiger partial charge in [0.1, 0.15) is 29.7 Å². The molecule has 1 saturated heterocycles. The summed E-state index contributed by atoms with van der Waals surface area (Å²) in [5.41, 5.74) is 3.71. The van der Waals surface area contributed by atoms with Crippen molar-refractivity contribution in [3.05, 3.63) is 77.3 Å². The Morgan fingerprint density at radius 1 is 1.15 bits per heavy atom. The van der Waals surface area contributed by atoms with Gasteiger partial charge < -0.3 is 25.2 Å². The summed E-state index contributed by atoms with van der Waals surface area (Å²) in [5.74, 6) is -0.181. The van der Waals surface area contributed by atoms with Crippen LogP contribution in [0.4, 0.5) is 27.5 Å². The molecule has 1 atom stereocenters. The van der Waals surface area contributed by atoms with Crippen molar-refractivity contribution in [1.29, 1.82) is 5.26 Å². The monoisotopic (exact) mass is 638 g/mol. The maximum atomic E-state index is 15.5. The van der Waals surface area contributed by atoms with Crippen molar-refractivity contribution >= 4 is 29.0 Å². The number of carbonyl (C=O) groups excluding carboxylic acids is 1. The average Bonchev–Trinajstić information content (AvgIpc) is 3.50. The minimum absolute atomic E-state index is 0.0505. The molecule has 2 aromatic carbocycles. The number of halogens is 1. The van der Waals surface area contributed by atoms with E-state index in [1.165, 1.54) is 19.2 Å². The Morgan fingerprint density at radius 3 is 2.55 bits per heavy atom. The van der Waals surface area contributed by atoms with Crippen LogP contribution in [0.25, 0.3) is 5.69 Å². The van der Waals surface area contributed by atoms with E-state index in [0.29, 0.717) is 22.9 Å². The van der Waals surface area contributed by atoms with Gasteiger partial charge in [0.05, 0.1) is 36.3 Å². The van der Waals surface area contributed by atoms with E-state index in [2.05, 4.69) is 69.2 Å². The molecule has 1 amide bonds. The third kappa shape index (κ3) is 6.34. The molecule has 0 radical (unpaired) electrons. The molecule has 13 heteroatoms. The summed E-state index contributed by atoms with van der Waals surface area (Å²) in [4.78, 5) is 33.6. The normalized spacial score (nSPS) is 16.4. The predicted octanol–water partition coefficient (Wildman–Crippen LogP) is 5.10. The number of hydrogen-bond acceptors (Lipinski definition) is 10. The highest BCUT2D eigenvalue weighted by atomic mass is 19.1. The Labute approximate surface area is 273 Å². The molecule has 0 unspecified atom stereocenters. The third-order valence-corrected chi connectivity index (χ3v) is 8.75. The quantitative estimate of drug-likeness (QED) is 0.256. The van der Waals surface area contributed by atoms with E-state index in [0.717, 1.165) is 50.4 Å². The van der Waals surface area contributed by atoms with Gasteiger partial charge in [-0.05, 0) is 51.1 Å². The number of nitriles is 1. The fourth-order valence-corrected chi connectivity index (χ4v) is 6.29. The maximum absolute atomic E-state index is 15.5. The summed E-state index contributed by atoms with van der Waals surface area (Å²) in [6.45, 7) is 11.2. The van der Waals surface area contributed by atoms with Crippen molar-refractivity contribution in [2.45, 2.75) is 45.8 Å². The Balaban J connectivity index is 1.21. The highest BCUT2D eigenvalue weighted by Gasteiger charge is 2.36. The lowest BCUT2D eigenvalue weighted by Gasteiger charge is -2.40. The van der Waals surface area contributed by atoms with Crippen LogP contribution in [0.15, 0.2) is 48.9 Å². The number of ether oxygens (including phenoxy) is 1. The van der Waals surface area contributed by atoms with E-state index in [4.69, 9.17) is 9.72 Å². The molecule has 4 aromatic rings. The zero-order valence-corrected chi connectivity index (χ0v) is 27.3. The van der Waals surface area contributed by atoms with Gasteiger partial charge in [-0.15, -0.1) is 0 Å². The first kappa shape index (κ1) is 31.9. The molecular formula is C34H39FN10O2. The number of imidazole rings is 1. The highest BCUT2D eigenvalue weighted by molar-refractivity contribution is 6.05. The molecule has 2 N–H and O–H groups in total. The van der Waals surface area contributed by atoms with Crippen LogP contribution in [0.5, 0.6) is 5.75 Å². The second-order valence-corrected chi connectivity index (χ2v) is 12.2. The first-order valence-electron chi connectivity index (χ1n) is 15.8. The number of piperazine rings is 1. The van der Waals surface area contributed by atoms with Crippen molar-refractivity contribution in [1.82, 2.24) is 29.3 Å². The van der Waals surface area contributed by atoms with Gasteiger partial charge in [0, 0.05) is 50.5 Å². The van der Waals surface area contributed by atoms with Gasteiger partial charge >= 0.3 is 0 Å². The van der Waals surface area contributed by atoms with Crippen LogP contribution in [0.2, 0.25) is 0 Å². The molecule has 2 aromatic heterocycles. The number of anilines is 4. The van der Waals surface area contributed by atoms with Gasteiger partial charge in [-0.2, -0.15) is 10.2 Å². The van der Waals surface area contributed by atoms with Crippen LogP contribution in [0, 0.1) is 17.1 Å². The van der Waals surface area contributed by atoms with Gasteiger partial charge in [-0.25, -0.2) is 14.4 Å². The Morgan fingerprint density at radius 2 is 1.89 bits per heavy atom. The van der Waals surface area contributed by atoms with Gasteiger partial charge in [-0.3, -0.25) is 14.3 Å². The van der Waals surface area contributed by atoms with Crippen molar-refractivity contribution in [2.75, 3.05) is 55.9 Å². The largest absolute Gasteiger partial charge is 0.495 e. The molecule has 0 bridgehead atoms. The van der Waals surface area contributed by atoms with Crippen molar-refractivity contribution in [3.8, 4) is 17.5 Å². The summed E-state index contributed by atoms with van der Waals surface area (Å²) in [6.07, 6.45) is 4.00. The summed E-state index contributed by atoms with van der Waals surface area (Å²) in [5, 5.41) is 15.6. The smallest absolute Gasteiger partial charge is 0.258 e. The first-order chi connectivity index (χ1) is 22.7. The lowest BCUT2D eigenvalue weighted by atomic mass is 10.0. The van der Waals surface area contributed by atoms with Crippen LogP contribution in [0.1, 0.15) is 60.5 Å². The number of hydrogen-bond donors (Lipinski definition) is 2. The van der Waals surface area contributed by atoms with Crippen LogP contribution >= 0.6 is 0 Å². The molecule has 4 heterocycles. The van der Waals surface area contributed by atoms with E-state index in [-0.39, 0.29) is 35.0 Å². The number of nitrogens with zero attached hydrogens (tertiary/aromatic N) is 8. The second-order valence-electron chi connectivity index (χ2n) is 12.2. The van der Waals surface area contributed by atoms with Gasteiger partial charge in [0.15, 0.2) is 11.5 Å². The van der Waals surface area contributed by atoms with Gasteiger partial charge in [0.25, 0.3) is 5.91 Å². The standard InChI is InChI=1S/C34H39FN10O2/c1-6-28-31-27(17-36)38-20-44(31)29-18-37-34(41-32(29)45(28)21(2)3)40-26-16-25(35)24(15-30(26)47-5)33(46)39-23-9-7-22(8-10-23)19-43-13-11-42(4)12-14-43/h7-10,15-16,18,20-21,28H,6,11-14,19H2,1-5H3,(H,39,46)(H,37,40,41)/t28-/m1/s1. The first-order valence-corrected chi connectivity index (χ1v) is 15.8. The van der Waals surface area contributed by atoms with Gasteiger partial charge in [0.2, 0.25) is 5.95 Å². The number of benzene rings is 2. The lowest BCUT2D eigenvalue weighted by molar-refractivity contribution is 0.102. The number of rotatable bonds is 9. The van der Waals surface area contributed by atoms with E-state index < -0.39 is 11.7 Å². The van der Waals surface area contributed by atoms with Crippen LogP contribution < -0.4 is 20.3 Å². The fourth-order valence-electron chi connectivity index (χ4n) is 6.29. The molecule has 2 aliphatic heterocycles. The Bertz CT molecular complexity index is 1810. The summed E-state index contributed by atoms with van der Waals surface area (Å²) in [6, 6.07) is 12.3. The third-order valence-electron chi connectivity index (χ3n) is 8.75. The number of nitrogens with one attached hydrogen (secondary N) is 2. The average molecular weight is 639 g/mol. The van der Waals surface area contributed by atoms with E-state index in [9.17, 15) is 10.1 Å². The molecule has 0 saturated carbocycles. The minimum atomic E-state index is -0.725. The predicted molar refractivity (Wildman–Crippen MR) is 178 cm³/mol. The summed E-state index contributed by atoms with van der Waals surface area (Å²) in [7, 11) is 3.58. The lowest BCUT2D eigenvalue weighted by Crippen LogP contribution is -2.43. The van der Waals surface area contributed by atoms with E-state index in [1.54, 1.807) is 12.5 Å². The van der Waals surface area contributed by atoms with Gasteiger partial charge in [-0.1, -0.05) is 19.1 Å². The molecule has 0 spiro atoms. The van der Waals surface area contributed by atoms with Crippen molar-refractivity contribution in [3.63, 3.8) is 0 Å². The molecule has 6 rings (SSSR count). The fraction of sp³-hybridized carbons (Fsp3) is 0.382. The minimum Gasteiger partial charge on any atom is -0.495 e. The van der Waals surface area contributed by atoms with Crippen molar-refractivity contribution < 1.29 is 13.9 Å². The van der Waals surface area contributed by atoms with E-state index >= 15 is 4.39 Å². The molecule has 47 heavy (non-hydrogen) atoms. The summed E-state index contributed by atoms with van der Waals surface area (Å²) < 4.78 is 22.9. The number of aromatic nitrogens is 4. The second kappa shape index (κ2) is 13.4. The van der Waals surface area contributed by atoms with Crippen LogP contribution in [0.3, 0.4) is 0 Å². The van der Waals surface area contributed by atoms with E-state index in [1.807, 2.05) is 28.8 Å². The topological polar surface area (TPSA) is 127 Å². The zero-order chi connectivity index (χ0) is 33.2. The SMILES string of the molecule is CC[C@@H]1c2c(C#N)ncn2-c2cnc(Nc3cc(F)c(C(=O)Nc4ccc(CN5CCN(C)CC5)cc4)cc3OC)nc2N1C(C)C. The number of methoxy groups -OCH3 is 1. The Hall–Kier alpha value is -5.06. The summed E-state index contributed by atoms with van der Waals surface area (Å²) >= 11 is 0. The number of carbonyl (C=O) groups is 1. The number of amides is 1. The maximum Gasteiger partial charge on any atom is 0.258 e.